The summed E-state index contributed by atoms with van der Waals surface area (Å²) in [6, 6.07) is 0.197. The molecule has 2 heterocycles. The Labute approximate surface area is 147 Å². The lowest BCUT2D eigenvalue weighted by molar-refractivity contribution is 0.240. The van der Waals surface area contributed by atoms with Crippen LogP contribution in [0.3, 0.4) is 0 Å². The Hall–Kier alpha value is -2.48. The molecule has 0 aromatic carbocycles. The molecule has 0 spiro atoms. The lowest BCUT2D eigenvalue weighted by Gasteiger charge is -2.35. The van der Waals surface area contributed by atoms with Gasteiger partial charge in [0.2, 0.25) is 0 Å². The first-order chi connectivity index (χ1) is 12.1. The Morgan fingerprint density at radius 2 is 2.04 bits per heavy atom. The SMILES string of the molecule is CCNC(=O)N(c1cnc(-c2cnn(C)c2)cn1)[C@H]1CC[C@H](N)CC1. The van der Waals surface area contributed by atoms with E-state index in [2.05, 4.69) is 20.4 Å². The highest BCUT2D eigenvalue weighted by Gasteiger charge is 2.29. The third-order valence-corrected chi connectivity index (χ3v) is 4.54. The first-order valence-electron chi connectivity index (χ1n) is 8.72. The Morgan fingerprint density at radius 1 is 1.28 bits per heavy atom. The van der Waals surface area contributed by atoms with Crippen LogP contribution in [0, 0.1) is 0 Å². The average molecular weight is 343 g/mol. The Kier molecular flexibility index (Phi) is 5.28. The van der Waals surface area contributed by atoms with Gasteiger partial charge in [-0.15, -0.1) is 0 Å². The standard InChI is InChI=1S/C17H25N7O/c1-3-19-17(25)24(14-6-4-13(18)5-7-14)16-10-20-15(9-21-16)12-8-22-23(2)11-12/h8-11,13-14H,3-7,18H2,1-2H3,(H,19,25)/t13-,14-. The summed E-state index contributed by atoms with van der Waals surface area (Å²) in [4.78, 5) is 23.3. The molecule has 1 aliphatic carbocycles. The molecule has 1 fully saturated rings. The minimum absolute atomic E-state index is 0.102. The number of amides is 2. The molecule has 3 N–H and O–H groups in total. The van der Waals surface area contributed by atoms with Crippen LogP contribution in [0.5, 0.6) is 0 Å². The van der Waals surface area contributed by atoms with Gasteiger partial charge in [-0.1, -0.05) is 0 Å². The minimum Gasteiger partial charge on any atom is -0.338 e. The molecule has 1 aliphatic rings. The number of nitrogens with zero attached hydrogens (tertiary/aromatic N) is 5. The zero-order chi connectivity index (χ0) is 17.8. The summed E-state index contributed by atoms with van der Waals surface area (Å²) in [6.07, 6.45) is 10.6. The molecule has 0 aliphatic heterocycles. The van der Waals surface area contributed by atoms with E-state index >= 15 is 0 Å². The van der Waals surface area contributed by atoms with Crippen LogP contribution in [0.25, 0.3) is 11.3 Å². The van der Waals surface area contributed by atoms with Crippen molar-refractivity contribution < 1.29 is 4.79 Å². The molecule has 2 aromatic heterocycles. The number of anilines is 1. The topological polar surface area (TPSA) is 102 Å². The number of nitrogens with one attached hydrogen (secondary N) is 1. The monoisotopic (exact) mass is 343 g/mol. The van der Waals surface area contributed by atoms with Gasteiger partial charge < -0.3 is 11.1 Å². The molecule has 8 nitrogen and oxygen atoms in total. The highest BCUT2D eigenvalue weighted by atomic mass is 16.2. The van der Waals surface area contributed by atoms with Crippen molar-refractivity contribution >= 4 is 11.8 Å². The Balaban J connectivity index is 1.83. The van der Waals surface area contributed by atoms with Gasteiger partial charge in [0.05, 0.1) is 24.3 Å². The van der Waals surface area contributed by atoms with Crippen LogP contribution in [0.2, 0.25) is 0 Å². The number of carbonyl (C=O) groups is 1. The van der Waals surface area contributed by atoms with Gasteiger partial charge >= 0.3 is 6.03 Å². The van der Waals surface area contributed by atoms with Crippen molar-refractivity contribution in [1.29, 1.82) is 0 Å². The summed E-state index contributed by atoms with van der Waals surface area (Å²) in [7, 11) is 1.86. The number of urea groups is 1. The molecule has 0 radical (unpaired) electrons. The first-order valence-corrected chi connectivity index (χ1v) is 8.72. The van der Waals surface area contributed by atoms with E-state index < -0.39 is 0 Å². The van der Waals surface area contributed by atoms with Gasteiger partial charge in [0.1, 0.15) is 0 Å². The molecule has 3 rings (SSSR count). The van der Waals surface area contributed by atoms with Crippen molar-refractivity contribution in [1.82, 2.24) is 25.1 Å². The van der Waals surface area contributed by atoms with Crippen LogP contribution in [0.4, 0.5) is 10.6 Å². The Bertz CT molecular complexity index is 704. The smallest absolute Gasteiger partial charge is 0.323 e. The van der Waals surface area contributed by atoms with Gasteiger partial charge in [0.15, 0.2) is 5.82 Å². The molecule has 8 heteroatoms. The zero-order valence-electron chi connectivity index (χ0n) is 14.7. The van der Waals surface area contributed by atoms with Crippen LogP contribution in [0.15, 0.2) is 24.8 Å². The second-order valence-electron chi connectivity index (χ2n) is 6.44. The molecular weight excluding hydrogens is 318 g/mol. The summed E-state index contributed by atoms with van der Waals surface area (Å²) in [5, 5.41) is 7.02. The van der Waals surface area contributed by atoms with Crippen molar-refractivity contribution in [2.45, 2.75) is 44.7 Å². The van der Waals surface area contributed by atoms with Crippen LogP contribution >= 0.6 is 0 Å². The maximum atomic E-state index is 12.6. The lowest BCUT2D eigenvalue weighted by atomic mass is 9.91. The number of nitrogens with two attached hydrogens (primary N) is 1. The summed E-state index contributed by atoms with van der Waals surface area (Å²) in [5.74, 6) is 0.569. The van der Waals surface area contributed by atoms with Crippen molar-refractivity contribution in [2.24, 2.45) is 12.8 Å². The Morgan fingerprint density at radius 3 is 2.60 bits per heavy atom. The molecule has 134 valence electrons. The summed E-state index contributed by atoms with van der Waals surface area (Å²) in [6.45, 7) is 2.48. The van der Waals surface area contributed by atoms with E-state index in [1.807, 2.05) is 20.2 Å². The predicted molar refractivity (Wildman–Crippen MR) is 96.0 cm³/mol. The average Bonchev–Trinajstić information content (AvgIpc) is 3.04. The van der Waals surface area contributed by atoms with E-state index in [1.165, 1.54) is 0 Å². The summed E-state index contributed by atoms with van der Waals surface area (Å²) < 4.78 is 1.72. The van der Waals surface area contributed by atoms with Crippen LogP contribution in [-0.2, 0) is 7.05 Å². The fourth-order valence-corrected chi connectivity index (χ4v) is 3.20. The van der Waals surface area contributed by atoms with E-state index in [0.717, 1.165) is 36.9 Å². The quantitative estimate of drug-likeness (QED) is 0.879. The van der Waals surface area contributed by atoms with Crippen molar-refractivity contribution in [3.8, 4) is 11.3 Å². The predicted octanol–water partition coefficient (Wildman–Crippen LogP) is 1.68. The van der Waals surface area contributed by atoms with E-state index in [-0.39, 0.29) is 18.1 Å². The van der Waals surface area contributed by atoms with Crippen molar-refractivity contribution in [2.75, 3.05) is 11.4 Å². The fourth-order valence-electron chi connectivity index (χ4n) is 3.20. The molecule has 2 aromatic rings. The second-order valence-corrected chi connectivity index (χ2v) is 6.44. The van der Waals surface area contributed by atoms with E-state index in [9.17, 15) is 4.79 Å². The number of hydrogen-bond donors (Lipinski definition) is 2. The van der Waals surface area contributed by atoms with Gasteiger partial charge in [-0.05, 0) is 32.6 Å². The number of carbonyl (C=O) groups excluding carboxylic acids is 1. The first kappa shape index (κ1) is 17.3. The molecule has 25 heavy (non-hydrogen) atoms. The van der Waals surface area contributed by atoms with Crippen LogP contribution < -0.4 is 16.0 Å². The molecule has 0 atom stereocenters. The van der Waals surface area contributed by atoms with Gasteiger partial charge in [-0.3, -0.25) is 14.6 Å². The summed E-state index contributed by atoms with van der Waals surface area (Å²) in [5.41, 5.74) is 7.63. The second kappa shape index (κ2) is 7.60. The normalized spacial score (nSPS) is 20.3. The molecule has 2 amide bonds. The highest BCUT2D eigenvalue weighted by molar-refractivity contribution is 5.91. The van der Waals surface area contributed by atoms with Crippen molar-refractivity contribution in [3.05, 3.63) is 24.8 Å². The maximum Gasteiger partial charge on any atom is 0.323 e. The van der Waals surface area contributed by atoms with E-state index in [0.29, 0.717) is 12.4 Å². The van der Waals surface area contributed by atoms with Crippen LogP contribution in [-0.4, -0.2) is 44.4 Å². The molecule has 0 saturated heterocycles. The number of aryl methyl sites for hydroxylation is 1. The molecule has 0 bridgehead atoms. The maximum absolute atomic E-state index is 12.6. The lowest BCUT2D eigenvalue weighted by Crippen LogP contribution is -2.49. The fraction of sp³-hybridized carbons (Fsp3) is 0.529. The number of hydrogen-bond acceptors (Lipinski definition) is 5. The van der Waals surface area contributed by atoms with Crippen molar-refractivity contribution in [3.63, 3.8) is 0 Å². The minimum atomic E-state index is -0.133. The van der Waals surface area contributed by atoms with Gasteiger partial charge in [-0.2, -0.15) is 5.10 Å². The third kappa shape index (κ3) is 3.96. The molecule has 0 unspecified atom stereocenters. The molecular formula is C17H25N7O. The molecule has 1 saturated carbocycles. The van der Waals surface area contributed by atoms with E-state index in [1.54, 1.807) is 28.2 Å². The summed E-state index contributed by atoms with van der Waals surface area (Å²) >= 11 is 0. The van der Waals surface area contributed by atoms with Gasteiger partial charge in [-0.25, -0.2) is 9.78 Å². The zero-order valence-corrected chi connectivity index (χ0v) is 14.7. The van der Waals surface area contributed by atoms with Gasteiger partial charge in [0, 0.05) is 37.4 Å². The largest absolute Gasteiger partial charge is 0.338 e. The van der Waals surface area contributed by atoms with Crippen LogP contribution in [0.1, 0.15) is 32.6 Å². The number of aromatic nitrogens is 4. The van der Waals surface area contributed by atoms with Gasteiger partial charge in [0.25, 0.3) is 0 Å². The number of rotatable bonds is 4. The third-order valence-electron chi connectivity index (χ3n) is 4.54. The highest BCUT2D eigenvalue weighted by Crippen LogP contribution is 2.26. The van der Waals surface area contributed by atoms with E-state index in [4.69, 9.17) is 5.73 Å².